The molecule has 1 aliphatic carbocycles. The molecular weight excluding hydrogens is 275 g/mol. The van der Waals surface area contributed by atoms with E-state index in [1.165, 1.54) is 56.8 Å². The summed E-state index contributed by atoms with van der Waals surface area (Å²) < 4.78 is 0. The lowest BCUT2D eigenvalue weighted by atomic mass is 9.62. The molecule has 0 aliphatic heterocycles. The van der Waals surface area contributed by atoms with E-state index < -0.39 is 0 Å². The van der Waals surface area contributed by atoms with Crippen LogP contribution < -0.4 is 5.46 Å². The van der Waals surface area contributed by atoms with Crippen molar-refractivity contribution in [3.8, 4) is 0 Å². The third-order valence-corrected chi connectivity index (χ3v) is 4.44. The number of hydrogen-bond acceptors (Lipinski definition) is 0. The highest BCUT2D eigenvalue weighted by Gasteiger charge is 2.08. The molecule has 0 aromatic heterocycles. The van der Waals surface area contributed by atoms with Crippen molar-refractivity contribution in [2.45, 2.75) is 51.4 Å². The van der Waals surface area contributed by atoms with Gasteiger partial charge in [-0.15, -0.1) is 0 Å². The molecule has 0 unspecified atom stereocenters. The average Bonchev–Trinajstić information content (AvgIpc) is 2.57. The first-order valence-electron chi connectivity index (χ1n) is 8.92. The third kappa shape index (κ3) is 6.10. The molecular formula is C22H28B. The van der Waals surface area contributed by atoms with Crippen molar-refractivity contribution in [1.29, 1.82) is 0 Å². The second-order valence-electron chi connectivity index (χ2n) is 6.29. The van der Waals surface area contributed by atoms with Gasteiger partial charge in [-0.3, -0.25) is 0 Å². The monoisotopic (exact) mass is 303 g/mol. The Morgan fingerprint density at radius 1 is 0.870 bits per heavy atom. The molecule has 0 saturated heterocycles. The number of benzene rings is 1. The first-order valence-corrected chi connectivity index (χ1v) is 8.92. The van der Waals surface area contributed by atoms with Gasteiger partial charge in [0.1, 0.15) is 0 Å². The van der Waals surface area contributed by atoms with E-state index in [1.807, 2.05) is 18.2 Å². The highest BCUT2D eigenvalue weighted by atomic mass is 14.1. The van der Waals surface area contributed by atoms with Crippen molar-refractivity contribution < 1.29 is 0 Å². The molecule has 1 aromatic rings. The maximum absolute atomic E-state index is 3.81. The Morgan fingerprint density at radius 2 is 1.57 bits per heavy atom. The molecule has 0 amide bonds. The van der Waals surface area contributed by atoms with Crippen molar-refractivity contribution in [2.75, 3.05) is 0 Å². The minimum Gasteiger partial charge on any atom is -0.0991 e. The van der Waals surface area contributed by atoms with Crippen LogP contribution in [0.1, 0.15) is 49.7 Å². The molecule has 119 valence electrons. The predicted octanol–water partition coefficient (Wildman–Crippen LogP) is 5.27. The van der Waals surface area contributed by atoms with E-state index in [0.717, 1.165) is 5.47 Å². The molecule has 1 aromatic carbocycles. The summed E-state index contributed by atoms with van der Waals surface area (Å²) in [5.41, 5.74) is 5.54. The fourth-order valence-corrected chi connectivity index (χ4v) is 3.21. The molecule has 0 bridgehead atoms. The lowest BCUT2D eigenvalue weighted by Gasteiger charge is -2.14. The molecule has 0 nitrogen and oxygen atoms in total. The molecule has 0 atom stereocenters. The van der Waals surface area contributed by atoms with Crippen LogP contribution in [0.2, 0.25) is 0 Å². The average molecular weight is 303 g/mol. The fourth-order valence-electron chi connectivity index (χ4n) is 3.21. The van der Waals surface area contributed by atoms with Gasteiger partial charge in [-0.05, 0) is 36.8 Å². The Hall–Kier alpha value is -1.76. The van der Waals surface area contributed by atoms with Crippen molar-refractivity contribution >= 4 is 12.7 Å². The van der Waals surface area contributed by atoms with Crippen LogP contribution in [-0.2, 0) is 12.8 Å². The van der Waals surface area contributed by atoms with E-state index in [0.29, 0.717) is 0 Å². The molecule has 0 N–H and O–H groups in total. The Bertz CT molecular complexity index is 578. The van der Waals surface area contributed by atoms with Gasteiger partial charge in [-0.25, -0.2) is 0 Å². The van der Waals surface area contributed by atoms with Crippen LogP contribution in [0.25, 0.3) is 0 Å². The summed E-state index contributed by atoms with van der Waals surface area (Å²) in [5, 5.41) is 0. The summed E-state index contributed by atoms with van der Waals surface area (Å²) in [5.74, 6) is 0. The van der Waals surface area contributed by atoms with Crippen LogP contribution in [0.15, 0.2) is 67.2 Å². The van der Waals surface area contributed by atoms with Gasteiger partial charge in [-0.1, -0.05) is 98.4 Å². The molecule has 23 heavy (non-hydrogen) atoms. The summed E-state index contributed by atoms with van der Waals surface area (Å²) in [6, 6.07) is 6.98. The lowest BCUT2D eigenvalue weighted by molar-refractivity contribution is 0.581. The number of allylic oxidation sites excluding steroid dienone is 6. The van der Waals surface area contributed by atoms with Crippen molar-refractivity contribution in [2.24, 2.45) is 0 Å². The molecule has 1 heteroatoms. The highest BCUT2D eigenvalue weighted by molar-refractivity contribution is 6.61. The summed E-state index contributed by atoms with van der Waals surface area (Å²) >= 11 is 0. The lowest BCUT2D eigenvalue weighted by Crippen LogP contribution is -2.17. The largest absolute Gasteiger partial charge is 0.191 e. The SMILES string of the molecule is C=C/C=C\C([B]c1ccc2c(c1)CCCCCCCC2)=C/C=C. The number of hydrogen-bond donors (Lipinski definition) is 0. The van der Waals surface area contributed by atoms with Gasteiger partial charge in [-0.2, -0.15) is 0 Å². The first kappa shape index (κ1) is 17.6. The van der Waals surface area contributed by atoms with Gasteiger partial charge in [0.15, 0.2) is 7.28 Å². The summed E-state index contributed by atoms with van der Waals surface area (Å²) in [7, 11) is 2.22. The van der Waals surface area contributed by atoms with Gasteiger partial charge in [0.05, 0.1) is 0 Å². The molecule has 2 rings (SSSR count). The topological polar surface area (TPSA) is 0 Å². The van der Waals surface area contributed by atoms with Crippen molar-refractivity contribution in [1.82, 2.24) is 0 Å². The Morgan fingerprint density at radius 3 is 2.26 bits per heavy atom. The zero-order valence-electron chi connectivity index (χ0n) is 14.3. The maximum Gasteiger partial charge on any atom is 0.191 e. The smallest absolute Gasteiger partial charge is 0.0991 e. The summed E-state index contributed by atoms with van der Waals surface area (Å²) in [6.45, 7) is 7.55. The molecule has 1 aliphatic rings. The second kappa shape index (κ2) is 10.1. The zero-order valence-corrected chi connectivity index (χ0v) is 14.3. The minimum atomic E-state index is 1.15. The standard InChI is InChI=1S/C22H28B/c1-3-5-15-21(12-4-2)23-22-17-16-19-13-10-8-6-7-9-11-14-20(19)18-22/h3-5,12,15-18H,1-2,6-11,13-14H2/b15-5-,21-12+. The van der Waals surface area contributed by atoms with Gasteiger partial charge >= 0.3 is 0 Å². The predicted molar refractivity (Wildman–Crippen MR) is 105 cm³/mol. The van der Waals surface area contributed by atoms with Gasteiger partial charge < -0.3 is 0 Å². The zero-order chi connectivity index (χ0) is 16.3. The van der Waals surface area contributed by atoms with E-state index in [9.17, 15) is 0 Å². The van der Waals surface area contributed by atoms with Crippen molar-refractivity contribution in [3.63, 3.8) is 0 Å². The van der Waals surface area contributed by atoms with Crippen LogP contribution >= 0.6 is 0 Å². The molecule has 0 saturated carbocycles. The van der Waals surface area contributed by atoms with Crippen LogP contribution in [0.5, 0.6) is 0 Å². The number of aryl methyl sites for hydroxylation is 2. The molecule has 0 heterocycles. The van der Waals surface area contributed by atoms with Crippen LogP contribution in [0.3, 0.4) is 0 Å². The van der Waals surface area contributed by atoms with E-state index in [-0.39, 0.29) is 0 Å². The van der Waals surface area contributed by atoms with Crippen LogP contribution in [-0.4, -0.2) is 7.28 Å². The van der Waals surface area contributed by atoms with E-state index in [4.69, 9.17) is 0 Å². The Kier molecular flexibility index (Phi) is 7.73. The third-order valence-electron chi connectivity index (χ3n) is 4.44. The number of fused-ring (bicyclic) bond motifs is 1. The summed E-state index contributed by atoms with van der Waals surface area (Å²) in [4.78, 5) is 0. The second-order valence-corrected chi connectivity index (χ2v) is 6.29. The maximum atomic E-state index is 3.81. The van der Waals surface area contributed by atoms with Crippen LogP contribution in [0, 0.1) is 0 Å². The van der Waals surface area contributed by atoms with Gasteiger partial charge in [0, 0.05) is 0 Å². The number of rotatable bonds is 5. The molecule has 0 fully saturated rings. The Labute approximate surface area is 142 Å². The van der Waals surface area contributed by atoms with Gasteiger partial charge in [0.25, 0.3) is 0 Å². The van der Waals surface area contributed by atoms with E-state index in [2.05, 4.69) is 44.7 Å². The normalized spacial score (nSPS) is 16.6. The Balaban J connectivity index is 2.16. The first-order chi connectivity index (χ1) is 11.3. The van der Waals surface area contributed by atoms with Crippen LogP contribution in [0.4, 0.5) is 0 Å². The highest BCUT2D eigenvalue weighted by Crippen LogP contribution is 2.19. The summed E-state index contributed by atoms with van der Waals surface area (Å²) in [6.07, 6.45) is 20.4. The quantitative estimate of drug-likeness (QED) is 0.513. The molecule has 1 radical (unpaired) electrons. The van der Waals surface area contributed by atoms with Crippen molar-refractivity contribution in [3.05, 3.63) is 78.3 Å². The van der Waals surface area contributed by atoms with E-state index in [1.54, 1.807) is 17.2 Å². The van der Waals surface area contributed by atoms with E-state index >= 15 is 0 Å². The molecule has 0 spiro atoms. The fraction of sp³-hybridized carbons (Fsp3) is 0.364. The minimum absolute atomic E-state index is 1.15. The van der Waals surface area contributed by atoms with Gasteiger partial charge in [0.2, 0.25) is 0 Å².